The average Bonchev–Trinajstić information content (AvgIpc) is 3.42. The maximum atomic E-state index is 2.41. The van der Waals surface area contributed by atoms with Crippen LogP contribution in [-0.2, 0) is 6.42 Å². The van der Waals surface area contributed by atoms with Crippen molar-refractivity contribution in [1.82, 2.24) is 4.57 Å². The molecule has 0 unspecified atom stereocenters. The van der Waals surface area contributed by atoms with Gasteiger partial charge in [-0.2, -0.15) is 0 Å². The lowest BCUT2D eigenvalue weighted by molar-refractivity contribution is 1.14. The summed E-state index contributed by atoms with van der Waals surface area (Å²) in [7, 11) is 0. The molecule has 8 aromatic rings. The molecule has 1 heteroatoms. The fourth-order valence-electron chi connectivity index (χ4n) is 6.81. The summed E-state index contributed by atoms with van der Waals surface area (Å²) < 4.78 is 2.41. The molecule has 0 spiro atoms. The normalized spacial score (nSPS) is 11.5. The van der Waals surface area contributed by atoms with Crippen LogP contribution in [0.5, 0.6) is 0 Å². The van der Waals surface area contributed by atoms with E-state index in [1.165, 1.54) is 82.8 Å². The van der Waals surface area contributed by atoms with Gasteiger partial charge in [0.1, 0.15) is 0 Å². The number of fused-ring (bicyclic) bond motifs is 4. The van der Waals surface area contributed by atoms with Gasteiger partial charge in [-0.1, -0.05) is 116 Å². The number of hydrogen-bond acceptors (Lipinski definition) is 0. The minimum Gasteiger partial charge on any atom is -0.309 e. The minimum atomic E-state index is 1.02. The molecule has 0 amide bonds. The van der Waals surface area contributed by atoms with Crippen molar-refractivity contribution in [3.05, 3.63) is 163 Å². The van der Waals surface area contributed by atoms with Gasteiger partial charge >= 0.3 is 0 Å². The summed E-state index contributed by atoms with van der Waals surface area (Å²) in [6.07, 6.45) is 1.02. The van der Waals surface area contributed by atoms with Gasteiger partial charge in [0.25, 0.3) is 0 Å². The average molecular weight is 564 g/mol. The van der Waals surface area contributed by atoms with Gasteiger partial charge in [0.05, 0.1) is 11.0 Å². The molecule has 0 bridgehead atoms. The van der Waals surface area contributed by atoms with Gasteiger partial charge in [-0.15, -0.1) is 0 Å². The molecule has 8 rings (SSSR count). The van der Waals surface area contributed by atoms with E-state index in [0.29, 0.717) is 0 Å². The zero-order valence-corrected chi connectivity index (χ0v) is 25.1. The highest BCUT2D eigenvalue weighted by molar-refractivity contribution is 6.10. The molecule has 0 aliphatic carbocycles. The van der Waals surface area contributed by atoms with E-state index in [-0.39, 0.29) is 0 Å². The minimum absolute atomic E-state index is 1.02. The number of para-hydroxylation sites is 1. The van der Waals surface area contributed by atoms with Crippen molar-refractivity contribution in [2.24, 2.45) is 0 Å². The maximum absolute atomic E-state index is 2.41. The number of nitrogens with zero attached hydrogens (tertiary/aromatic N) is 1. The lowest BCUT2D eigenvalue weighted by Gasteiger charge is -2.14. The smallest absolute Gasteiger partial charge is 0.0541 e. The molecule has 7 aromatic carbocycles. The zero-order chi connectivity index (χ0) is 29.6. The fraction of sp³-hybridized carbons (Fsp3) is 0.0698. The summed E-state index contributed by atoms with van der Waals surface area (Å²) in [5, 5.41) is 5.06. The van der Waals surface area contributed by atoms with E-state index in [9.17, 15) is 0 Å². The molecule has 0 saturated heterocycles. The largest absolute Gasteiger partial charge is 0.309 e. The van der Waals surface area contributed by atoms with Crippen molar-refractivity contribution in [3.63, 3.8) is 0 Å². The van der Waals surface area contributed by atoms with E-state index < -0.39 is 0 Å². The van der Waals surface area contributed by atoms with E-state index in [1.54, 1.807) is 0 Å². The summed E-state index contributed by atoms with van der Waals surface area (Å²) in [5.41, 5.74) is 13.9. The highest BCUT2D eigenvalue weighted by Gasteiger charge is 2.15. The third kappa shape index (κ3) is 4.41. The first kappa shape index (κ1) is 26.2. The number of benzene rings is 7. The van der Waals surface area contributed by atoms with E-state index in [0.717, 1.165) is 6.42 Å². The van der Waals surface area contributed by atoms with Crippen molar-refractivity contribution in [2.45, 2.75) is 20.3 Å². The van der Waals surface area contributed by atoms with Crippen LogP contribution < -0.4 is 0 Å². The molecule has 0 radical (unpaired) electrons. The molecule has 1 heterocycles. The Morgan fingerprint density at radius 3 is 2.05 bits per heavy atom. The van der Waals surface area contributed by atoms with E-state index in [1.807, 2.05) is 0 Å². The predicted molar refractivity (Wildman–Crippen MR) is 189 cm³/mol. The molecular weight excluding hydrogens is 530 g/mol. The number of hydrogen-bond donors (Lipinski definition) is 0. The number of aromatic nitrogens is 1. The first-order valence-corrected chi connectivity index (χ1v) is 15.5. The van der Waals surface area contributed by atoms with Gasteiger partial charge in [-0.25, -0.2) is 0 Å². The third-order valence-electron chi connectivity index (χ3n) is 9.12. The number of aryl methyl sites for hydroxylation is 2. The van der Waals surface area contributed by atoms with Gasteiger partial charge in [-0.3, -0.25) is 0 Å². The fourth-order valence-corrected chi connectivity index (χ4v) is 6.81. The Bertz CT molecular complexity index is 2330. The highest BCUT2D eigenvalue weighted by Crippen LogP contribution is 2.38. The van der Waals surface area contributed by atoms with Crippen LogP contribution in [0, 0.1) is 6.92 Å². The summed E-state index contributed by atoms with van der Waals surface area (Å²) in [6.45, 7) is 4.45. The number of rotatable bonds is 5. The maximum Gasteiger partial charge on any atom is 0.0541 e. The Kier molecular flexibility index (Phi) is 6.38. The predicted octanol–water partition coefficient (Wildman–Crippen LogP) is 11.8. The molecule has 0 saturated carbocycles. The zero-order valence-electron chi connectivity index (χ0n) is 25.1. The van der Waals surface area contributed by atoms with Crippen LogP contribution in [0.4, 0.5) is 0 Å². The lowest BCUT2D eigenvalue weighted by Crippen LogP contribution is -1.94. The van der Waals surface area contributed by atoms with Crippen molar-refractivity contribution in [1.29, 1.82) is 0 Å². The van der Waals surface area contributed by atoms with Crippen LogP contribution in [-0.4, -0.2) is 4.57 Å². The van der Waals surface area contributed by atoms with Crippen molar-refractivity contribution >= 4 is 32.6 Å². The molecule has 1 aromatic heterocycles. The molecule has 1 nitrogen and oxygen atoms in total. The van der Waals surface area contributed by atoms with Gasteiger partial charge in [-0.05, 0) is 111 Å². The Balaban J connectivity index is 1.27. The Labute approximate surface area is 258 Å². The van der Waals surface area contributed by atoms with Crippen LogP contribution in [0.2, 0.25) is 0 Å². The second kappa shape index (κ2) is 10.7. The molecule has 44 heavy (non-hydrogen) atoms. The first-order valence-electron chi connectivity index (χ1n) is 15.5. The topological polar surface area (TPSA) is 4.93 Å². The molecule has 0 N–H and O–H groups in total. The monoisotopic (exact) mass is 563 g/mol. The van der Waals surface area contributed by atoms with E-state index in [4.69, 9.17) is 0 Å². The Hall–Kier alpha value is -5.40. The molecule has 0 atom stereocenters. The summed E-state index contributed by atoms with van der Waals surface area (Å²) in [5.74, 6) is 0. The molecule has 0 aliphatic heterocycles. The second-order valence-electron chi connectivity index (χ2n) is 11.7. The molecular formula is C43H33N. The Morgan fingerprint density at radius 2 is 1.14 bits per heavy atom. The van der Waals surface area contributed by atoms with Crippen LogP contribution in [0.3, 0.4) is 0 Å². The van der Waals surface area contributed by atoms with E-state index in [2.05, 4.69) is 170 Å². The van der Waals surface area contributed by atoms with Gasteiger partial charge in [0, 0.05) is 16.5 Å². The van der Waals surface area contributed by atoms with Crippen molar-refractivity contribution in [3.8, 4) is 39.1 Å². The SMILES string of the molecule is CCc1ccccc1-c1cc(-c2ccc3c(c2)c2ccccc2n3-c2cccc(-c3ccc4ccccc4c3)c2)ccc1C. The van der Waals surface area contributed by atoms with E-state index >= 15 is 0 Å². The highest BCUT2D eigenvalue weighted by atomic mass is 15.0. The quantitative estimate of drug-likeness (QED) is 0.196. The van der Waals surface area contributed by atoms with Crippen molar-refractivity contribution < 1.29 is 0 Å². The molecule has 0 aliphatic rings. The van der Waals surface area contributed by atoms with Crippen LogP contribution >= 0.6 is 0 Å². The van der Waals surface area contributed by atoms with Crippen molar-refractivity contribution in [2.75, 3.05) is 0 Å². The van der Waals surface area contributed by atoms with Crippen LogP contribution in [0.25, 0.3) is 71.6 Å². The van der Waals surface area contributed by atoms with Gasteiger partial charge < -0.3 is 4.57 Å². The van der Waals surface area contributed by atoms with Crippen LogP contribution in [0.15, 0.2) is 152 Å². The second-order valence-corrected chi connectivity index (χ2v) is 11.7. The summed E-state index contributed by atoms with van der Waals surface area (Å²) in [6, 6.07) is 55.7. The summed E-state index contributed by atoms with van der Waals surface area (Å²) >= 11 is 0. The third-order valence-corrected chi connectivity index (χ3v) is 9.12. The Morgan fingerprint density at radius 1 is 0.455 bits per heavy atom. The lowest BCUT2D eigenvalue weighted by atomic mass is 9.91. The molecule has 0 fully saturated rings. The standard InChI is InChI=1S/C43H33N/c1-3-30-11-6-7-16-38(30)40-27-35(20-19-29(40)2)36-23-24-43-41(28-36)39-17-8-9-18-42(39)44(43)37-15-10-14-33(26-37)34-22-21-31-12-4-5-13-32(31)25-34/h4-28H,3H2,1-2H3. The van der Waals surface area contributed by atoms with Crippen LogP contribution in [0.1, 0.15) is 18.1 Å². The first-order chi connectivity index (χ1) is 21.7. The van der Waals surface area contributed by atoms with Gasteiger partial charge in [0.2, 0.25) is 0 Å². The summed E-state index contributed by atoms with van der Waals surface area (Å²) in [4.78, 5) is 0. The van der Waals surface area contributed by atoms with Gasteiger partial charge in [0.15, 0.2) is 0 Å². The molecule has 210 valence electrons.